The Balaban J connectivity index is 2.29. The number of benzene rings is 1. The van der Waals surface area contributed by atoms with Crippen molar-refractivity contribution in [2.75, 3.05) is 6.54 Å². The minimum atomic E-state index is 0.681. The molecule has 2 N–H and O–H groups in total. The van der Waals surface area contributed by atoms with Crippen LogP contribution < -0.4 is 5.73 Å². The minimum Gasteiger partial charge on any atom is -0.330 e. The molecule has 2 rings (SSSR count). The molecule has 0 unspecified atom stereocenters. The molecule has 78 valence electrons. The van der Waals surface area contributed by atoms with Crippen molar-refractivity contribution < 1.29 is 0 Å². The number of hydrogen-bond donors (Lipinski definition) is 1. The van der Waals surface area contributed by atoms with Gasteiger partial charge in [-0.25, -0.2) is 4.98 Å². The fourth-order valence-electron chi connectivity index (χ4n) is 1.32. The van der Waals surface area contributed by atoms with Crippen LogP contribution in [0.5, 0.6) is 0 Å². The second-order valence-corrected chi connectivity index (χ2v) is 5.21. The highest BCUT2D eigenvalue weighted by Crippen LogP contribution is 2.27. The number of nitrogens with two attached hydrogens (primary N) is 1. The Morgan fingerprint density at radius 2 is 2.27 bits per heavy atom. The second-order valence-electron chi connectivity index (χ2n) is 3.18. The van der Waals surface area contributed by atoms with Crippen LogP contribution in [0.1, 0.15) is 4.88 Å². The molecule has 1 aromatic carbocycles. The largest absolute Gasteiger partial charge is 0.330 e. The third-order valence-electron chi connectivity index (χ3n) is 2.02. The molecule has 0 radical (unpaired) electrons. The molecule has 1 heterocycles. The second kappa shape index (κ2) is 4.88. The normalized spacial score (nSPS) is 10.5. The van der Waals surface area contributed by atoms with Gasteiger partial charge in [0.25, 0.3) is 0 Å². The predicted molar refractivity (Wildman–Crippen MR) is 68.0 cm³/mol. The molecular formula is C11H11BrN2S. The van der Waals surface area contributed by atoms with E-state index in [9.17, 15) is 0 Å². The number of hydrogen-bond acceptors (Lipinski definition) is 3. The molecule has 2 aromatic rings. The Hall–Kier alpha value is -0.710. The van der Waals surface area contributed by atoms with E-state index in [2.05, 4.69) is 33.0 Å². The van der Waals surface area contributed by atoms with Gasteiger partial charge in [0.15, 0.2) is 0 Å². The quantitative estimate of drug-likeness (QED) is 0.940. The van der Waals surface area contributed by atoms with Crippen LogP contribution in [0.2, 0.25) is 0 Å². The van der Waals surface area contributed by atoms with Crippen LogP contribution in [0, 0.1) is 0 Å². The number of thiazole rings is 1. The summed E-state index contributed by atoms with van der Waals surface area (Å²) in [5.41, 5.74) is 6.65. The number of aromatic nitrogens is 1. The van der Waals surface area contributed by atoms with E-state index in [-0.39, 0.29) is 0 Å². The molecular weight excluding hydrogens is 272 g/mol. The zero-order valence-electron chi connectivity index (χ0n) is 8.11. The zero-order valence-corrected chi connectivity index (χ0v) is 10.5. The van der Waals surface area contributed by atoms with Gasteiger partial charge in [0.1, 0.15) is 5.01 Å². The fourth-order valence-corrected chi connectivity index (χ4v) is 2.64. The zero-order chi connectivity index (χ0) is 10.7. The van der Waals surface area contributed by atoms with Crippen molar-refractivity contribution in [3.8, 4) is 10.6 Å². The molecule has 15 heavy (non-hydrogen) atoms. The van der Waals surface area contributed by atoms with Gasteiger partial charge in [-0.2, -0.15) is 0 Å². The highest BCUT2D eigenvalue weighted by molar-refractivity contribution is 9.10. The molecule has 2 nitrogen and oxygen atoms in total. The molecule has 0 aliphatic rings. The fraction of sp³-hybridized carbons (Fsp3) is 0.182. The Bertz CT molecular complexity index is 453. The molecule has 0 fully saturated rings. The third kappa shape index (κ3) is 2.65. The predicted octanol–water partition coefficient (Wildman–Crippen LogP) is 3.07. The summed E-state index contributed by atoms with van der Waals surface area (Å²) >= 11 is 5.16. The van der Waals surface area contributed by atoms with Gasteiger partial charge in [-0.15, -0.1) is 11.3 Å². The van der Waals surface area contributed by atoms with Crippen molar-refractivity contribution in [2.24, 2.45) is 5.73 Å². The summed E-state index contributed by atoms with van der Waals surface area (Å²) in [4.78, 5) is 5.63. The smallest absolute Gasteiger partial charge is 0.123 e. The van der Waals surface area contributed by atoms with Crippen molar-refractivity contribution in [1.29, 1.82) is 0 Å². The summed E-state index contributed by atoms with van der Waals surface area (Å²) in [5, 5.41) is 1.06. The van der Waals surface area contributed by atoms with Gasteiger partial charge in [-0.1, -0.05) is 28.1 Å². The maximum absolute atomic E-state index is 5.50. The first-order valence-electron chi connectivity index (χ1n) is 4.70. The van der Waals surface area contributed by atoms with E-state index in [1.165, 1.54) is 4.88 Å². The molecule has 0 spiro atoms. The van der Waals surface area contributed by atoms with Gasteiger partial charge in [-0.05, 0) is 25.1 Å². The van der Waals surface area contributed by atoms with Crippen molar-refractivity contribution in [3.05, 3.63) is 39.8 Å². The summed E-state index contributed by atoms with van der Waals surface area (Å²) in [7, 11) is 0. The standard InChI is InChI=1S/C11H11BrN2S/c12-9-3-1-2-8(6-9)11-14-7-10(15-11)4-5-13/h1-3,6-7H,4-5,13H2. The first-order chi connectivity index (χ1) is 7.29. The highest BCUT2D eigenvalue weighted by Gasteiger charge is 2.04. The van der Waals surface area contributed by atoms with Crippen molar-refractivity contribution in [3.63, 3.8) is 0 Å². The summed E-state index contributed by atoms with van der Waals surface area (Å²) in [6, 6.07) is 8.17. The average Bonchev–Trinajstić information content (AvgIpc) is 2.67. The Kier molecular flexibility index (Phi) is 3.51. The lowest BCUT2D eigenvalue weighted by molar-refractivity contribution is 0.984. The number of nitrogens with zero attached hydrogens (tertiary/aromatic N) is 1. The summed E-state index contributed by atoms with van der Waals surface area (Å²) < 4.78 is 1.08. The molecule has 0 amide bonds. The third-order valence-corrected chi connectivity index (χ3v) is 3.62. The summed E-state index contributed by atoms with van der Waals surface area (Å²) in [5.74, 6) is 0. The Labute approximate surface area is 101 Å². The van der Waals surface area contributed by atoms with Crippen LogP contribution in [0.25, 0.3) is 10.6 Å². The van der Waals surface area contributed by atoms with Gasteiger partial charge < -0.3 is 5.73 Å². The maximum atomic E-state index is 5.50. The van der Waals surface area contributed by atoms with E-state index in [0.717, 1.165) is 21.5 Å². The van der Waals surface area contributed by atoms with Crippen molar-refractivity contribution in [1.82, 2.24) is 4.98 Å². The van der Waals surface area contributed by atoms with Crippen LogP contribution in [0.15, 0.2) is 34.9 Å². The van der Waals surface area contributed by atoms with Gasteiger partial charge >= 0.3 is 0 Å². The molecule has 0 saturated carbocycles. The van der Waals surface area contributed by atoms with Gasteiger partial charge in [0.05, 0.1) is 0 Å². The van der Waals surface area contributed by atoms with E-state index in [1.54, 1.807) is 11.3 Å². The maximum Gasteiger partial charge on any atom is 0.123 e. The van der Waals surface area contributed by atoms with E-state index in [0.29, 0.717) is 6.54 Å². The van der Waals surface area contributed by atoms with Crippen LogP contribution in [0.3, 0.4) is 0 Å². The molecule has 0 aliphatic carbocycles. The Morgan fingerprint density at radius 3 is 3.00 bits per heavy atom. The van der Waals surface area contributed by atoms with Crippen LogP contribution in [0.4, 0.5) is 0 Å². The van der Waals surface area contributed by atoms with Crippen molar-refractivity contribution >= 4 is 27.3 Å². The van der Waals surface area contributed by atoms with Crippen LogP contribution >= 0.6 is 27.3 Å². The minimum absolute atomic E-state index is 0.681. The van der Waals surface area contributed by atoms with Gasteiger partial charge in [0.2, 0.25) is 0 Å². The first-order valence-corrected chi connectivity index (χ1v) is 6.31. The molecule has 0 atom stereocenters. The average molecular weight is 283 g/mol. The van der Waals surface area contributed by atoms with E-state index < -0.39 is 0 Å². The van der Waals surface area contributed by atoms with E-state index in [4.69, 9.17) is 5.73 Å². The van der Waals surface area contributed by atoms with Crippen LogP contribution in [-0.4, -0.2) is 11.5 Å². The van der Waals surface area contributed by atoms with Crippen molar-refractivity contribution in [2.45, 2.75) is 6.42 Å². The molecule has 4 heteroatoms. The molecule has 0 bridgehead atoms. The highest BCUT2D eigenvalue weighted by atomic mass is 79.9. The monoisotopic (exact) mass is 282 g/mol. The van der Waals surface area contributed by atoms with Crippen LogP contribution in [-0.2, 0) is 6.42 Å². The lowest BCUT2D eigenvalue weighted by Crippen LogP contribution is -2.00. The number of halogens is 1. The van der Waals surface area contributed by atoms with Gasteiger partial charge in [0, 0.05) is 21.1 Å². The Morgan fingerprint density at radius 1 is 1.40 bits per heavy atom. The molecule has 0 aliphatic heterocycles. The molecule has 0 saturated heterocycles. The van der Waals surface area contributed by atoms with E-state index >= 15 is 0 Å². The molecule has 1 aromatic heterocycles. The first kappa shape index (κ1) is 10.8. The lowest BCUT2D eigenvalue weighted by Gasteiger charge is -1.96. The number of rotatable bonds is 3. The lowest BCUT2D eigenvalue weighted by atomic mass is 10.2. The SMILES string of the molecule is NCCc1cnc(-c2cccc(Br)c2)s1. The van der Waals surface area contributed by atoms with Gasteiger partial charge in [-0.3, -0.25) is 0 Å². The van der Waals surface area contributed by atoms with E-state index in [1.807, 2.05) is 18.3 Å². The summed E-state index contributed by atoms with van der Waals surface area (Å²) in [6.07, 6.45) is 2.82. The summed E-state index contributed by atoms with van der Waals surface area (Å²) in [6.45, 7) is 0.681. The topological polar surface area (TPSA) is 38.9 Å².